The molecule has 2 heterocycles. The van der Waals surface area contributed by atoms with Crippen molar-refractivity contribution >= 4 is 11.7 Å². The summed E-state index contributed by atoms with van der Waals surface area (Å²) in [6.07, 6.45) is 7.84. The standard InChI is InChI=1S/C27H29N3O4/c1-19(31)32-25-18-23(29-34-25)20-10-12-21(13-11-20)26-28-24(33-30-26)14-17-27(15-6-3-7-16-27)22-8-4-2-5-9-22/h2,4-5,8-13,25H,3,6-7,14-18H2,1H3/t25-/m1/s1. The highest BCUT2D eigenvalue weighted by atomic mass is 16.8. The molecule has 1 aliphatic heterocycles. The van der Waals surface area contributed by atoms with Gasteiger partial charge in [-0.05, 0) is 35.8 Å². The first-order valence-corrected chi connectivity index (χ1v) is 12.0. The van der Waals surface area contributed by atoms with Crippen LogP contribution in [-0.4, -0.2) is 28.1 Å². The number of carbonyl (C=O) groups is 1. The zero-order valence-electron chi connectivity index (χ0n) is 19.4. The average molecular weight is 460 g/mol. The van der Waals surface area contributed by atoms with Gasteiger partial charge in [0.15, 0.2) is 0 Å². The van der Waals surface area contributed by atoms with Crippen molar-refractivity contribution in [2.75, 3.05) is 0 Å². The summed E-state index contributed by atoms with van der Waals surface area (Å²) in [6, 6.07) is 18.7. The van der Waals surface area contributed by atoms with Crippen molar-refractivity contribution in [1.29, 1.82) is 0 Å². The zero-order chi connectivity index (χ0) is 23.4. The number of nitrogens with zero attached hydrogens (tertiary/aromatic N) is 3. The largest absolute Gasteiger partial charge is 0.423 e. The molecule has 0 saturated heterocycles. The highest BCUT2D eigenvalue weighted by Gasteiger charge is 2.34. The molecule has 0 spiro atoms. The number of hydrogen-bond acceptors (Lipinski definition) is 7. The van der Waals surface area contributed by atoms with Gasteiger partial charge < -0.3 is 14.1 Å². The molecule has 1 aliphatic carbocycles. The van der Waals surface area contributed by atoms with Crippen molar-refractivity contribution in [2.24, 2.45) is 5.16 Å². The molecule has 1 saturated carbocycles. The summed E-state index contributed by atoms with van der Waals surface area (Å²) in [5.74, 6) is 0.877. The quantitative estimate of drug-likeness (QED) is 0.428. The Kier molecular flexibility index (Phi) is 6.43. The van der Waals surface area contributed by atoms with Gasteiger partial charge in [0.1, 0.15) is 0 Å². The number of carbonyl (C=O) groups excluding carboxylic acids is 1. The third-order valence-corrected chi connectivity index (χ3v) is 6.90. The van der Waals surface area contributed by atoms with Gasteiger partial charge in [-0.15, -0.1) is 0 Å². The third-order valence-electron chi connectivity index (χ3n) is 6.90. The first-order valence-electron chi connectivity index (χ1n) is 12.0. The number of aromatic nitrogens is 2. The maximum atomic E-state index is 11.1. The van der Waals surface area contributed by atoms with Crippen molar-refractivity contribution < 1.29 is 18.9 Å². The van der Waals surface area contributed by atoms with E-state index in [-0.39, 0.29) is 11.4 Å². The molecule has 1 fully saturated rings. The van der Waals surface area contributed by atoms with Crippen LogP contribution in [0.3, 0.4) is 0 Å². The normalized spacial score (nSPS) is 19.3. The predicted octanol–water partition coefficient (Wildman–Crippen LogP) is 5.58. The highest BCUT2D eigenvalue weighted by molar-refractivity contribution is 6.01. The lowest BCUT2D eigenvalue weighted by atomic mass is 9.67. The minimum absolute atomic E-state index is 0.198. The third kappa shape index (κ3) is 4.88. The lowest BCUT2D eigenvalue weighted by Gasteiger charge is -2.38. The zero-order valence-corrected chi connectivity index (χ0v) is 19.4. The summed E-state index contributed by atoms with van der Waals surface area (Å²) >= 11 is 0. The minimum Gasteiger partial charge on any atom is -0.423 e. The van der Waals surface area contributed by atoms with E-state index in [9.17, 15) is 4.79 Å². The summed E-state index contributed by atoms with van der Waals surface area (Å²) in [6.45, 7) is 1.35. The van der Waals surface area contributed by atoms with Crippen LogP contribution in [-0.2, 0) is 26.2 Å². The van der Waals surface area contributed by atoms with Gasteiger partial charge in [-0.25, -0.2) is 0 Å². The second-order valence-electron chi connectivity index (χ2n) is 9.18. The monoisotopic (exact) mass is 459 g/mol. The number of hydrogen-bond donors (Lipinski definition) is 0. The van der Waals surface area contributed by atoms with Crippen LogP contribution in [0.15, 0.2) is 64.3 Å². The van der Waals surface area contributed by atoms with Gasteiger partial charge in [-0.2, -0.15) is 4.98 Å². The summed E-state index contributed by atoms with van der Waals surface area (Å²) in [5.41, 5.74) is 4.16. The van der Waals surface area contributed by atoms with Crippen molar-refractivity contribution in [3.63, 3.8) is 0 Å². The predicted molar refractivity (Wildman–Crippen MR) is 127 cm³/mol. The molecule has 2 aromatic carbocycles. The Hall–Kier alpha value is -3.48. The number of aryl methyl sites for hydroxylation is 1. The Morgan fingerprint density at radius 3 is 2.50 bits per heavy atom. The summed E-state index contributed by atoms with van der Waals surface area (Å²) in [5, 5.41) is 8.26. The second-order valence-corrected chi connectivity index (χ2v) is 9.18. The minimum atomic E-state index is -0.657. The van der Waals surface area contributed by atoms with Crippen LogP contribution in [0.4, 0.5) is 0 Å². The molecule has 0 radical (unpaired) electrons. The van der Waals surface area contributed by atoms with Crippen molar-refractivity contribution in [1.82, 2.24) is 10.1 Å². The molecule has 7 heteroatoms. The Labute approximate surface area is 199 Å². The van der Waals surface area contributed by atoms with Gasteiger partial charge in [-0.3, -0.25) is 4.79 Å². The van der Waals surface area contributed by atoms with Gasteiger partial charge in [-0.1, -0.05) is 84.2 Å². The lowest BCUT2D eigenvalue weighted by molar-refractivity contribution is -0.170. The number of benzene rings is 2. The number of rotatable bonds is 7. The van der Waals surface area contributed by atoms with E-state index in [1.807, 2.05) is 24.3 Å². The number of esters is 1. The Bertz CT molecular complexity index is 1150. The Balaban J connectivity index is 1.24. The van der Waals surface area contributed by atoms with Gasteiger partial charge in [0.2, 0.25) is 11.7 Å². The van der Waals surface area contributed by atoms with Crippen molar-refractivity contribution in [3.8, 4) is 11.4 Å². The maximum Gasteiger partial charge on any atom is 0.305 e. The lowest BCUT2D eigenvalue weighted by Crippen LogP contribution is -2.29. The Morgan fingerprint density at radius 2 is 1.76 bits per heavy atom. The van der Waals surface area contributed by atoms with E-state index in [0.29, 0.717) is 18.1 Å². The van der Waals surface area contributed by atoms with Gasteiger partial charge in [0.05, 0.1) is 12.1 Å². The van der Waals surface area contributed by atoms with E-state index < -0.39 is 6.29 Å². The topological polar surface area (TPSA) is 86.8 Å². The van der Waals surface area contributed by atoms with E-state index in [0.717, 1.165) is 29.7 Å². The fourth-order valence-electron chi connectivity index (χ4n) is 5.11. The molecule has 0 bridgehead atoms. The molecule has 176 valence electrons. The van der Waals surface area contributed by atoms with Gasteiger partial charge in [0, 0.05) is 18.9 Å². The summed E-state index contributed by atoms with van der Waals surface area (Å²) in [7, 11) is 0. The molecule has 0 unspecified atom stereocenters. The highest BCUT2D eigenvalue weighted by Crippen LogP contribution is 2.42. The van der Waals surface area contributed by atoms with Crippen LogP contribution in [0.1, 0.15) is 68.9 Å². The molecule has 1 aromatic heterocycles. The second kappa shape index (κ2) is 9.79. The van der Waals surface area contributed by atoms with Crippen molar-refractivity contribution in [3.05, 3.63) is 71.6 Å². The van der Waals surface area contributed by atoms with Gasteiger partial charge >= 0.3 is 5.97 Å². The smallest absolute Gasteiger partial charge is 0.305 e. The van der Waals surface area contributed by atoms with Crippen LogP contribution in [0.25, 0.3) is 11.4 Å². The first-order chi connectivity index (χ1) is 16.6. The molecular weight excluding hydrogens is 430 g/mol. The van der Waals surface area contributed by atoms with Crippen LogP contribution < -0.4 is 0 Å². The van der Waals surface area contributed by atoms with E-state index >= 15 is 0 Å². The van der Waals surface area contributed by atoms with Crippen molar-refractivity contribution in [2.45, 2.75) is 70.0 Å². The van der Waals surface area contributed by atoms with Crippen LogP contribution in [0.5, 0.6) is 0 Å². The molecule has 7 nitrogen and oxygen atoms in total. The van der Waals surface area contributed by atoms with E-state index in [1.54, 1.807) is 0 Å². The van der Waals surface area contributed by atoms with Crippen LogP contribution >= 0.6 is 0 Å². The fraction of sp³-hybridized carbons (Fsp3) is 0.407. The van der Waals surface area contributed by atoms with Crippen LogP contribution in [0, 0.1) is 0 Å². The number of oxime groups is 1. The van der Waals surface area contributed by atoms with E-state index in [2.05, 4.69) is 45.6 Å². The number of ether oxygens (including phenoxy) is 1. The SMILES string of the molecule is CC(=O)O[C@H]1CC(c2ccc(-c3noc(CCC4(c5ccccc5)CCCCC4)n3)cc2)=NO1. The molecule has 3 aromatic rings. The maximum absolute atomic E-state index is 11.1. The molecule has 34 heavy (non-hydrogen) atoms. The molecule has 1 atom stereocenters. The average Bonchev–Trinajstić information content (AvgIpc) is 3.54. The Morgan fingerprint density at radius 1 is 1.03 bits per heavy atom. The molecule has 0 N–H and O–H groups in total. The summed E-state index contributed by atoms with van der Waals surface area (Å²) < 4.78 is 10.7. The van der Waals surface area contributed by atoms with Gasteiger partial charge in [0.25, 0.3) is 6.29 Å². The molecule has 0 amide bonds. The van der Waals surface area contributed by atoms with E-state index in [4.69, 9.17) is 14.1 Å². The fourth-order valence-corrected chi connectivity index (χ4v) is 5.11. The first kappa shape index (κ1) is 22.3. The summed E-state index contributed by atoms with van der Waals surface area (Å²) in [4.78, 5) is 20.9. The van der Waals surface area contributed by atoms with E-state index in [1.165, 1.54) is 44.6 Å². The molecular formula is C27H29N3O4. The molecule has 2 aliphatic rings. The van der Waals surface area contributed by atoms with Crippen LogP contribution in [0.2, 0.25) is 0 Å². The molecule has 5 rings (SSSR count).